The molecule has 0 spiro atoms. The maximum Gasteiger partial charge on any atom is 0.270 e. The lowest BCUT2D eigenvalue weighted by molar-refractivity contribution is -0.384. The molecule has 6 heteroatoms. The Labute approximate surface area is 132 Å². The van der Waals surface area contributed by atoms with Crippen molar-refractivity contribution in [3.63, 3.8) is 0 Å². The van der Waals surface area contributed by atoms with Gasteiger partial charge in [-0.25, -0.2) is 0 Å². The number of fused-ring (bicyclic) bond motifs is 1. The van der Waals surface area contributed by atoms with Crippen LogP contribution in [-0.2, 0) is 6.54 Å². The van der Waals surface area contributed by atoms with Gasteiger partial charge in [-0.3, -0.25) is 15.1 Å². The van der Waals surface area contributed by atoms with Crippen molar-refractivity contribution in [3.8, 4) is 6.07 Å². The van der Waals surface area contributed by atoms with E-state index in [0.717, 1.165) is 5.56 Å². The van der Waals surface area contributed by atoms with Gasteiger partial charge in [-0.1, -0.05) is 30.3 Å². The molecule has 0 fully saturated rings. The van der Waals surface area contributed by atoms with Crippen LogP contribution < -0.4 is 5.32 Å². The zero-order valence-corrected chi connectivity index (χ0v) is 12.1. The molecule has 3 aromatic rings. The van der Waals surface area contributed by atoms with Crippen molar-refractivity contribution >= 4 is 22.3 Å². The number of rotatable bonds is 4. The summed E-state index contributed by atoms with van der Waals surface area (Å²) in [6.07, 6.45) is 1.47. The first kappa shape index (κ1) is 14.5. The highest BCUT2D eigenvalue weighted by molar-refractivity contribution is 5.95. The largest absolute Gasteiger partial charge is 0.379 e. The number of nitrogens with zero attached hydrogens (tertiary/aromatic N) is 3. The van der Waals surface area contributed by atoms with Crippen molar-refractivity contribution in [1.29, 1.82) is 5.26 Å². The highest BCUT2D eigenvalue weighted by Crippen LogP contribution is 2.29. The molecule has 0 radical (unpaired) electrons. The predicted octanol–water partition coefficient (Wildman–Crippen LogP) is 3.63. The van der Waals surface area contributed by atoms with E-state index in [2.05, 4.69) is 16.4 Å². The summed E-state index contributed by atoms with van der Waals surface area (Å²) in [5.74, 6) is 0. The van der Waals surface area contributed by atoms with Crippen LogP contribution in [0.15, 0.2) is 54.7 Å². The highest BCUT2D eigenvalue weighted by atomic mass is 16.6. The number of anilines is 1. The second-order valence-electron chi connectivity index (χ2n) is 4.96. The second-order valence-corrected chi connectivity index (χ2v) is 4.96. The van der Waals surface area contributed by atoms with Crippen LogP contribution >= 0.6 is 0 Å². The Morgan fingerprint density at radius 1 is 1.22 bits per heavy atom. The third kappa shape index (κ3) is 2.94. The number of hydrogen-bond donors (Lipinski definition) is 1. The fourth-order valence-corrected chi connectivity index (χ4v) is 2.36. The molecule has 0 aliphatic heterocycles. The average molecular weight is 304 g/mol. The maximum atomic E-state index is 11.0. The third-order valence-electron chi connectivity index (χ3n) is 3.49. The molecule has 1 aromatic heterocycles. The molecule has 0 aliphatic carbocycles. The number of nitriles is 1. The smallest absolute Gasteiger partial charge is 0.270 e. The Morgan fingerprint density at radius 3 is 2.70 bits per heavy atom. The second kappa shape index (κ2) is 6.12. The molecule has 0 aliphatic rings. The number of hydrogen-bond acceptors (Lipinski definition) is 5. The fraction of sp³-hybridized carbons (Fsp3) is 0.0588. The van der Waals surface area contributed by atoms with Gasteiger partial charge in [0.15, 0.2) is 0 Å². The molecule has 1 heterocycles. The number of non-ortho nitro benzene ring substituents is 1. The standard InChI is InChI=1S/C17H12N4O2/c18-9-13-11-19-16-7-6-14(21(22)23)8-15(16)17(13)20-10-12-4-2-1-3-5-12/h1-8,11H,10H2,(H,19,20). The van der Waals surface area contributed by atoms with Crippen molar-refractivity contribution in [3.05, 3.63) is 76.0 Å². The monoisotopic (exact) mass is 304 g/mol. The van der Waals surface area contributed by atoms with Crippen LogP contribution in [0, 0.1) is 21.4 Å². The molecular formula is C17H12N4O2. The van der Waals surface area contributed by atoms with Crippen molar-refractivity contribution in [2.45, 2.75) is 6.54 Å². The number of pyridine rings is 1. The summed E-state index contributed by atoms with van der Waals surface area (Å²) in [5, 5.41) is 24.0. The SMILES string of the molecule is N#Cc1cnc2ccc([N+](=O)[O-])cc2c1NCc1ccccc1. The molecule has 0 saturated carbocycles. The highest BCUT2D eigenvalue weighted by Gasteiger charge is 2.13. The molecule has 112 valence electrons. The summed E-state index contributed by atoms with van der Waals surface area (Å²) < 4.78 is 0. The van der Waals surface area contributed by atoms with Crippen molar-refractivity contribution in [2.24, 2.45) is 0 Å². The van der Waals surface area contributed by atoms with E-state index >= 15 is 0 Å². The summed E-state index contributed by atoms with van der Waals surface area (Å²) in [4.78, 5) is 14.7. The number of aromatic nitrogens is 1. The molecule has 3 rings (SSSR count). The summed E-state index contributed by atoms with van der Waals surface area (Å²) >= 11 is 0. The van der Waals surface area contributed by atoms with Gasteiger partial charge in [0, 0.05) is 30.3 Å². The Balaban J connectivity index is 2.06. The number of nitro groups is 1. The fourth-order valence-electron chi connectivity index (χ4n) is 2.36. The van der Waals surface area contributed by atoms with Crippen LogP contribution in [0.3, 0.4) is 0 Å². The summed E-state index contributed by atoms with van der Waals surface area (Å²) in [5.41, 5.74) is 2.54. The first-order valence-electron chi connectivity index (χ1n) is 6.94. The molecule has 0 saturated heterocycles. The van der Waals surface area contributed by atoms with Crippen LogP contribution in [0.4, 0.5) is 11.4 Å². The van der Waals surface area contributed by atoms with E-state index < -0.39 is 4.92 Å². The topological polar surface area (TPSA) is 91.8 Å². The average Bonchev–Trinajstić information content (AvgIpc) is 2.59. The summed E-state index contributed by atoms with van der Waals surface area (Å²) in [6, 6.07) is 16.2. The summed E-state index contributed by atoms with van der Waals surface area (Å²) in [7, 11) is 0. The van der Waals surface area contributed by atoms with Gasteiger partial charge < -0.3 is 5.32 Å². The molecule has 2 aromatic carbocycles. The van der Waals surface area contributed by atoms with Gasteiger partial charge >= 0.3 is 0 Å². The lowest BCUT2D eigenvalue weighted by Gasteiger charge is -2.11. The Kier molecular flexibility index (Phi) is 3.85. The molecule has 6 nitrogen and oxygen atoms in total. The molecule has 0 amide bonds. The van der Waals surface area contributed by atoms with E-state index in [9.17, 15) is 15.4 Å². The lowest BCUT2D eigenvalue weighted by atomic mass is 10.1. The van der Waals surface area contributed by atoms with Gasteiger partial charge in [0.25, 0.3) is 5.69 Å². The minimum Gasteiger partial charge on any atom is -0.379 e. The number of nitrogens with one attached hydrogen (secondary N) is 1. The summed E-state index contributed by atoms with van der Waals surface area (Å²) in [6.45, 7) is 0.511. The minimum absolute atomic E-state index is 0.0304. The van der Waals surface area contributed by atoms with Gasteiger partial charge in [0.05, 0.1) is 21.7 Å². The molecule has 0 atom stereocenters. The van der Waals surface area contributed by atoms with Gasteiger partial charge in [-0.2, -0.15) is 5.26 Å². The van der Waals surface area contributed by atoms with Gasteiger partial charge in [0.2, 0.25) is 0 Å². The zero-order valence-electron chi connectivity index (χ0n) is 12.1. The van der Waals surface area contributed by atoms with Gasteiger partial charge in [0.1, 0.15) is 6.07 Å². The molecular weight excluding hydrogens is 292 g/mol. The number of nitro benzene ring substituents is 1. The van der Waals surface area contributed by atoms with Crippen molar-refractivity contribution in [2.75, 3.05) is 5.32 Å². The van der Waals surface area contributed by atoms with E-state index in [0.29, 0.717) is 28.7 Å². The minimum atomic E-state index is -0.459. The molecule has 0 bridgehead atoms. The number of benzene rings is 2. The maximum absolute atomic E-state index is 11.0. The van der Waals surface area contributed by atoms with E-state index in [1.807, 2.05) is 30.3 Å². The van der Waals surface area contributed by atoms with Crippen LogP contribution in [0.2, 0.25) is 0 Å². The Hall–Kier alpha value is -3.46. The zero-order chi connectivity index (χ0) is 16.2. The van der Waals surface area contributed by atoms with E-state index in [-0.39, 0.29) is 5.69 Å². The molecule has 23 heavy (non-hydrogen) atoms. The van der Waals surface area contributed by atoms with Crippen LogP contribution in [0.25, 0.3) is 10.9 Å². The third-order valence-corrected chi connectivity index (χ3v) is 3.49. The van der Waals surface area contributed by atoms with Gasteiger partial charge in [-0.15, -0.1) is 0 Å². The van der Waals surface area contributed by atoms with Crippen LogP contribution in [-0.4, -0.2) is 9.91 Å². The Morgan fingerprint density at radius 2 is 2.00 bits per heavy atom. The first-order chi connectivity index (χ1) is 11.2. The predicted molar refractivity (Wildman–Crippen MR) is 86.9 cm³/mol. The van der Waals surface area contributed by atoms with Crippen LogP contribution in [0.5, 0.6) is 0 Å². The van der Waals surface area contributed by atoms with Crippen LogP contribution in [0.1, 0.15) is 11.1 Å². The van der Waals surface area contributed by atoms with E-state index in [1.54, 1.807) is 6.07 Å². The van der Waals surface area contributed by atoms with Gasteiger partial charge in [-0.05, 0) is 11.6 Å². The quantitative estimate of drug-likeness (QED) is 0.587. The van der Waals surface area contributed by atoms with E-state index in [4.69, 9.17) is 0 Å². The molecule has 1 N–H and O–H groups in total. The normalized spacial score (nSPS) is 10.2. The van der Waals surface area contributed by atoms with Crippen molar-refractivity contribution < 1.29 is 4.92 Å². The molecule has 0 unspecified atom stereocenters. The lowest BCUT2D eigenvalue weighted by Crippen LogP contribution is -2.03. The first-order valence-corrected chi connectivity index (χ1v) is 6.94. The Bertz CT molecular complexity index is 917. The van der Waals surface area contributed by atoms with Crippen molar-refractivity contribution in [1.82, 2.24) is 4.98 Å². The van der Waals surface area contributed by atoms with E-state index in [1.165, 1.54) is 18.3 Å².